The lowest BCUT2D eigenvalue weighted by molar-refractivity contribution is 0.547. The lowest BCUT2D eigenvalue weighted by Crippen LogP contribution is -2.10. The average molecular weight is 216 g/mol. The standard InChI is InChI=1S/C16H24/c1-15(2,3)12-11-13-7-9-14(10-8-13)16(4,5)6/h7-12H,1-6H3/b12-11-. The van der Waals surface area contributed by atoms with Gasteiger partial charge in [0.15, 0.2) is 0 Å². The van der Waals surface area contributed by atoms with Crippen molar-refractivity contribution in [2.45, 2.75) is 47.0 Å². The maximum absolute atomic E-state index is 2.25. The number of hydrogen-bond donors (Lipinski definition) is 0. The molecule has 0 bridgehead atoms. The van der Waals surface area contributed by atoms with Crippen molar-refractivity contribution < 1.29 is 0 Å². The predicted octanol–water partition coefficient (Wildman–Crippen LogP) is 5.04. The van der Waals surface area contributed by atoms with Gasteiger partial charge >= 0.3 is 0 Å². The highest BCUT2D eigenvalue weighted by Gasteiger charge is 2.12. The van der Waals surface area contributed by atoms with Gasteiger partial charge in [-0.25, -0.2) is 0 Å². The first-order valence-electron chi connectivity index (χ1n) is 5.98. The molecule has 0 aliphatic carbocycles. The molecule has 0 aliphatic heterocycles. The summed E-state index contributed by atoms with van der Waals surface area (Å²) in [5.41, 5.74) is 3.16. The van der Waals surface area contributed by atoms with Gasteiger partial charge in [0.1, 0.15) is 0 Å². The molecular formula is C16H24. The van der Waals surface area contributed by atoms with Crippen LogP contribution in [0.25, 0.3) is 6.08 Å². The van der Waals surface area contributed by atoms with E-state index in [-0.39, 0.29) is 10.8 Å². The van der Waals surface area contributed by atoms with Crippen molar-refractivity contribution in [3.63, 3.8) is 0 Å². The van der Waals surface area contributed by atoms with Gasteiger partial charge in [0.2, 0.25) is 0 Å². The minimum Gasteiger partial charge on any atom is -0.0785 e. The highest BCUT2D eigenvalue weighted by molar-refractivity contribution is 5.50. The molecule has 0 heteroatoms. The third-order valence-electron chi connectivity index (χ3n) is 2.55. The molecule has 0 atom stereocenters. The fourth-order valence-corrected chi connectivity index (χ4v) is 1.44. The Morgan fingerprint density at radius 2 is 1.31 bits per heavy atom. The Labute approximate surface area is 100 Å². The summed E-state index contributed by atoms with van der Waals surface area (Å²) in [4.78, 5) is 0. The minimum absolute atomic E-state index is 0.242. The van der Waals surface area contributed by atoms with E-state index in [2.05, 4.69) is 78.0 Å². The summed E-state index contributed by atoms with van der Waals surface area (Å²) in [6, 6.07) is 8.84. The molecular weight excluding hydrogens is 192 g/mol. The van der Waals surface area contributed by atoms with Crippen LogP contribution in [-0.4, -0.2) is 0 Å². The largest absolute Gasteiger partial charge is 0.0785 e. The lowest BCUT2D eigenvalue weighted by atomic mass is 9.86. The summed E-state index contributed by atoms with van der Waals surface area (Å²) in [6.07, 6.45) is 4.45. The second-order valence-electron chi connectivity index (χ2n) is 6.57. The normalized spacial score (nSPS) is 13.4. The number of hydrogen-bond acceptors (Lipinski definition) is 0. The smallest absolute Gasteiger partial charge is 0.0132 e. The number of allylic oxidation sites excluding steroid dienone is 1. The van der Waals surface area contributed by atoms with Crippen molar-refractivity contribution in [2.24, 2.45) is 5.41 Å². The molecule has 0 saturated heterocycles. The summed E-state index contributed by atoms with van der Waals surface area (Å²) in [6.45, 7) is 13.4. The van der Waals surface area contributed by atoms with Gasteiger partial charge in [0, 0.05) is 0 Å². The van der Waals surface area contributed by atoms with E-state index in [0.29, 0.717) is 0 Å². The topological polar surface area (TPSA) is 0 Å². The maximum atomic E-state index is 2.25. The SMILES string of the molecule is CC(C)(C)/C=C\c1ccc(C(C)(C)C)cc1. The molecule has 1 aromatic rings. The third-order valence-corrected chi connectivity index (χ3v) is 2.55. The van der Waals surface area contributed by atoms with Crippen LogP contribution in [0.15, 0.2) is 30.3 Å². The highest BCUT2D eigenvalue weighted by Crippen LogP contribution is 2.23. The highest BCUT2D eigenvalue weighted by atomic mass is 14.2. The summed E-state index contributed by atoms with van der Waals surface area (Å²) in [5.74, 6) is 0. The molecule has 0 unspecified atom stereocenters. The van der Waals surface area contributed by atoms with Crippen molar-refractivity contribution in [3.05, 3.63) is 41.5 Å². The second-order valence-corrected chi connectivity index (χ2v) is 6.57. The minimum atomic E-state index is 0.242. The molecule has 1 rings (SSSR count). The van der Waals surface area contributed by atoms with Crippen molar-refractivity contribution in [3.8, 4) is 0 Å². The Kier molecular flexibility index (Phi) is 3.62. The molecule has 0 fully saturated rings. The fourth-order valence-electron chi connectivity index (χ4n) is 1.44. The van der Waals surface area contributed by atoms with E-state index in [4.69, 9.17) is 0 Å². The molecule has 1 aromatic carbocycles. The molecule has 0 nitrogen and oxygen atoms in total. The first-order chi connectivity index (χ1) is 7.18. The molecule has 0 amide bonds. The Morgan fingerprint density at radius 1 is 0.812 bits per heavy atom. The molecule has 0 spiro atoms. The molecule has 0 N–H and O–H groups in total. The van der Waals surface area contributed by atoms with Gasteiger partial charge in [0.05, 0.1) is 0 Å². The van der Waals surface area contributed by atoms with Crippen molar-refractivity contribution in [1.82, 2.24) is 0 Å². The van der Waals surface area contributed by atoms with Gasteiger partial charge in [0.25, 0.3) is 0 Å². The Balaban J connectivity index is 2.85. The summed E-state index contributed by atoms with van der Waals surface area (Å²) in [5, 5.41) is 0. The van der Waals surface area contributed by atoms with Crippen molar-refractivity contribution in [1.29, 1.82) is 0 Å². The van der Waals surface area contributed by atoms with Gasteiger partial charge in [-0.05, 0) is 22.0 Å². The molecule has 0 heterocycles. The number of benzene rings is 1. The monoisotopic (exact) mass is 216 g/mol. The van der Waals surface area contributed by atoms with Crippen LogP contribution >= 0.6 is 0 Å². The van der Waals surface area contributed by atoms with Crippen LogP contribution < -0.4 is 0 Å². The Bertz CT molecular complexity index is 353. The lowest BCUT2D eigenvalue weighted by Gasteiger charge is -2.19. The van der Waals surface area contributed by atoms with Gasteiger partial charge in [-0.2, -0.15) is 0 Å². The first-order valence-corrected chi connectivity index (χ1v) is 5.98. The summed E-state index contributed by atoms with van der Waals surface area (Å²) >= 11 is 0. The summed E-state index contributed by atoms with van der Waals surface area (Å²) in [7, 11) is 0. The van der Waals surface area contributed by atoms with E-state index in [1.807, 2.05) is 0 Å². The molecule has 0 saturated carbocycles. The predicted molar refractivity (Wildman–Crippen MR) is 73.6 cm³/mol. The van der Waals surface area contributed by atoms with Crippen molar-refractivity contribution in [2.75, 3.05) is 0 Å². The van der Waals surface area contributed by atoms with Crippen LogP contribution in [0, 0.1) is 5.41 Å². The molecule has 0 radical (unpaired) electrons. The second kappa shape index (κ2) is 4.45. The van der Waals surface area contributed by atoms with Crippen LogP contribution in [0.1, 0.15) is 52.7 Å². The molecule has 0 aromatic heterocycles. The van der Waals surface area contributed by atoms with Gasteiger partial charge in [-0.15, -0.1) is 0 Å². The zero-order valence-corrected chi connectivity index (χ0v) is 11.5. The van der Waals surface area contributed by atoms with Crippen LogP contribution in [0.5, 0.6) is 0 Å². The van der Waals surface area contributed by atoms with Crippen LogP contribution in [0.4, 0.5) is 0 Å². The quantitative estimate of drug-likeness (QED) is 0.616. The van der Waals surface area contributed by atoms with Gasteiger partial charge in [-0.3, -0.25) is 0 Å². The van der Waals surface area contributed by atoms with E-state index in [1.165, 1.54) is 11.1 Å². The Hall–Kier alpha value is -1.04. The van der Waals surface area contributed by atoms with Crippen LogP contribution in [0.2, 0.25) is 0 Å². The summed E-state index contributed by atoms with van der Waals surface area (Å²) < 4.78 is 0. The average Bonchev–Trinajstić information content (AvgIpc) is 2.13. The van der Waals surface area contributed by atoms with Gasteiger partial charge < -0.3 is 0 Å². The fraction of sp³-hybridized carbons (Fsp3) is 0.500. The zero-order valence-electron chi connectivity index (χ0n) is 11.5. The van der Waals surface area contributed by atoms with Crippen LogP contribution in [-0.2, 0) is 5.41 Å². The first kappa shape index (κ1) is 13.0. The Morgan fingerprint density at radius 3 is 1.69 bits per heavy atom. The third kappa shape index (κ3) is 4.22. The molecule has 0 aliphatic rings. The zero-order chi connectivity index (χ0) is 12.4. The van der Waals surface area contributed by atoms with E-state index >= 15 is 0 Å². The van der Waals surface area contributed by atoms with Crippen molar-refractivity contribution >= 4 is 6.08 Å². The van der Waals surface area contributed by atoms with E-state index in [0.717, 1.165) is 0 Å². The van der Waals surface area contributed by atoms with Gasteiger partial charge in [-0.1, -0.05) is 78.0 Å². The van der Waals surface area contributed by atoms with Crippen LogP contribution in [0.3, 0.4) is 0 Å². The van der Waals surface area contributed by atoms with E-state index in [1.54, 1.807) is 0 Å². The van der Waals surface area contributed by atoms with E-state index in [9.17, 15) is 0 Å². The molecule has 16 heavy (non-hydrogen) atoms. The van der Waals surface area contributed by atoms with E-state index < -0.39 is 0 Å². The molecule has 88 valence electrons. The number of rotatable bonds is 1. The maximum Gasteiger partial charge on any atom is -0.0132 e.